The van der Waals surface area contributed by atoms with Crippen LogP contribution in [-0.2, 0) is 9.59 Å². The Morgan fingerprint density at radius 2 is 2.24 bits per heavy atom. The minimum Gasteiger partial charge on any atom is -0.481 e. The van der Waals surface area contributed by atoms with Crippen molar-refractivity contribution in [2.45, 2.75) is 32.2 Å². The lowest BCUT2D eigenvalue weighted by Gasteiger charge is -2.21. The highest BCUT2D eigenvalue weighted by atomic mass is 79.9. The Hall–Kier alpha value is -1.62. The molecule has 1 N–H and O–H groups in total. The minimum atomic E-state index is -0.857. The van der Waals surface area contributed by atoms with Gasteiger partial charge in [-0.05, 0) is 43.0 Å². The number of likely N-dealkylation sites (tertiary alicyclic amines) is 1. The molecule has 0 aromatic heterocycles. The summed E-state index contributed by atoms with van der Waals surface area (Å²) in [5.41, 5.74) is 2.08. The molecule has 0 spiro atoms. The largest absolute Gasteiger partial charge is 0.481 e. The quantitative estimate of drug-likeness (QED) is 0.847. The van der Waals surface area contributed by atoms with Gasteiger partial charge in [-0.1, -0.05) is 28.1 Å². The van der Waals surface area contributed by atoms with Gasteiger partial charge in [0, 0.05) is 23.1 Å². The molecule has 1 aliphatic rings. The molecular weight excluding hydrogens is 334 g/mol. The maximum atomic E-state index is 12.2. The number of carboxylic acid groups (broad SMARTS) is 1. The minimum absolute atomic E-state index is 0.0216. The molecule has 1 saturated heterocycles. The summed E-state index contributed by atoms with van der Waals surface area (Å²) in [6.07, 6.45) is 4.94. The third-order valence-corrected chi connectivity index (χ3v) is 4.32. The van der Waals surface area contributed by atoms with Crippen molar-refractivity contribution in [1.82, 2.24) is 4.90 Å². The molecule has 1 aromatic rings. The summed E-state index contributed by atoms with van der Waals surface area (Å²) in [6.45, 7) is 2.64. The van der Waals surface area contributed by atoms with Crippen molar-refractivity contribution in [2.75, 3.05) is 6.54 Å². The van der Waals surface area contributed by atoms with Gasteiger partial charge in [-0.25, -0.2) is 0 Å². The van der Waals surface area contributed by atoms with Gasteiger partial charge in [0.25, 0.3) is 0 Å². The number of amides is 1. The van der Waals surface area contributed by atoms with Crippen LogP contribution in [0.3, 0.4) is 0 Å². The lowest BCUT2D eigenvalue weighted by Crippen LogP contribution is -2.35. The third kappa shape index (κ3) is 4.17. The Balaban J connectivity index is 2.06. The first-order chi connectivity index (χ1) is 9.97. The summed E-state index contributed by atoms with van der Waals surface area (Å²) in [5.74, 6) is -0.976. The van der Waals surface area contributed by atoms with Gasteiger partial charge in [-0.2, -0.15) is 0 Å². The van der Waals surface area contributed by atoms with Crippen LogP contribution < -0.4 is 0 Å². The molecule has 0 saturated carbocycles. The molecule has 21 heavy (non-hydrogen) atoms. The number of carbonyl (C=O) groups is 2. The number of rotatable bonds is 4. The zero-order valence-electron chi connectivity index (χ0n) is 11.9. The summed E-state index contributed by atoms with van der Waals surface area (Å²) in [5, 5.41) is 8.88. The molecule has 0 radical (unpaired) electrons. The van der Waals surface area contributed by atoms with Crippen LogP contribution >= 0.6 is 15.9 Å². The first-order valence-corrected chi connectivity index (χ1v) is 7.73. The van der Waals surface area contributed by atoms with Gasteiger partial charge in [0.2, 0.25) is 5.91 Å². The summed E-state index contributed by atoms with van der Waals surface area (Å²) in [6, 6.07) is 5.74. The second kappa shape index (κ2) is 6.89. The van der Waals surface area contributed by atoms with E-state index in [4.69, 9.17) is 5.11 Å². The summed E-state index contributed by atoms with van der Waals surface area (Å²) in [4.78, 5) is 24.7. The normalized spacial score (nSPS) is 18.4. The molecule has 1 heterocycles. The second-order valence-electron chi connectivity index (χ2n) is 5.28. The lowest BCUT2D eigenvalue weighted by molar-refractivity contribution is -0.139. The van der Waals surface area contributed by atoms with Crippen molar-refractivity contribution in [3.05, 3.63) is 39.9 Å². The first-order valence-electron chi connectivity index (χ1n) is 6.94. The zero-order valence-corrected chi connectivity index (χ0v) is 13.5. The highest BCUT2D eigenvalue weighted by Gasteiger charge is 2.29. The maximum Gasteiger partial charge on any atom is 0.305 e. The average molecular weight is 352 g/mol. The molecule has 1 fully saturated rings. The number of carbonyl (C=O) groups excluding carboxylic acids is 1. The monoisotopic (exact) mass is 351 g/mol. The lowest BCUT2D eigenvalue weighted by atomic mass is 10.1. The molecule has 112 valence electrons. The molecule has 1 amide bonds. The second-order valence-corrected chi connectivity index (χ2v) is 6.14. The van der Waals surface area contributed by atoms with Gasteiger partial charge in [0.05, 0.1) is 6.42 Å². The van der Waals surface area contributed by atoms with Crippen LogP contribution in [0.25, 0.3) is 6.08 Å². The van der Waals surface area contributed by atoms with E-state index in [1.807, 2.05) is 25.1 Å². The Kier molecular flexibility index (Phi) is 5.17. The molecular formula is C16H18BrNO3. The fraction of sp³-hybridized carbons (Fsp3) is 0.375. The Bertz CT molecular complexity index is 583. The van der Waals surface area contributed by atoms with Crippen LogP contribution in [0.1, 0.15) is 30.4 Å². The number of benzene rings is 1. The molecule has 2 rings (SSSR count). The fourth-order valence-electron chi connectivity index (χ4n) is 2.56. The number of halogens is 1. The van der Waals surface area contributed by atoms with Crippen molar-refractivity contribution in [2.24, 2.45) is 0 Å². The number of hydrogen-bond donors (Lipinski definition) is 1. The van der Waals surface area contributed by atoms with Gasteiger partial charge in [0.15, 0.2) is 0 Å². The summed E-state index contributed by atoms with van der Waals surface area (Å²) >= 11 is 3.47. The van der Waals surface area contributed by atoms with Crippen LogP contribution in [-0.4, -0.2) is 34.5 Å². The van der Waals surface area contributed by atoms with Crippen LogP contribution in [0, 0.1) is 6.92 Å². The molecule has 1 aliphatic heterocycles. The van der Waals surface area contributed by atoms with E-state index in [2.05, 4.69) is 15.9 Å². The molecule has 0 aliphatic carbocycles. The predicted octanol–water partition coefficient (Wildman–Crippen LogP) is 3.24. The number of aliphatic carboxylic acids is 1. The number of nitrogens with zero attached hydrogens (tertiary/aromatic N) is 1. The number of carboxylic acids is 1. The Morgan fingerprint density at radius 1 is 1.48 bits per heavy atom. The van der Waals surface area contributed by atoms with E-state index >= 15 is 0 Å². The standard InChI is InChI=1S/C16H18BrNO3/c1-11-4-5-12(14(17)9-11)6-7-15(19)18-8-2-3-13(18)10-16(20)21/h4-7,9,13H,2-3,8,10H2,1H3,(H,20,21). The van der Waals surface area contributed by atoms with Crippen LogP contribution in [0.15, 0.2) is 28.7 Å². The topological polar surface area (TPSA) is 57.6 Å². The molecule has 4 nitrogen and oxygen atoms in total. The van der Waals surface area contributed by atoms with Gasteiger partial charge < -0.3 is 10.0 Å². The molecule has 1 unspecified atom stereocenters. The van der Waals surface area contributed by atoms with Crippen LogP contribution in [0.5, 0.6) is 0 Å². The fourth-order valence-corrected chi connectivity index (χ4v) is 3.19. The van der Waals surface area contributed by atoms with E-state index in [9.17, 15) is 9.59 Å². The van der Waals surface area contributed by atoms with Gasteiger partial charge in [-0.3, -0.25) is 9.59 Å². The first kappa shape index (κ1) is 15.8. The highest BCUT2D eigenvalue weighted by molar-refractivity contribution is 9.10. The highest BCUT2D eigenvalue weighted by Crippen LogP contribution is 2.22. The SMILES string of the molecule is Cc1ccc(C=CC(=O)N2CCCC2CC(=O)O)c(Br)c1. The third-order valence-electron chi connectivity index (χ3n) is 3.63. The van der Waals surface area contributed by atoms with E-state index in [0.29, 0.717) is 6.54 Å². The number of aryl methyl sites for hydroxylation is 1. The maximum absolute atomic E-state index is 12.2. The van der Waals surface area contributed by atoms with E-state index in [0.717, 1.165) is 28.4 Å². The van der Waals surface area contributed by atoms with Crippen LogP contribution in [0.4, 0.5) is 0 Å². The van der Waals surface area contributed by atoms with E-state index in [1.54, 1.807) is 11.0 Å². The molecule has 0 bridgehead atoms. The van der Waals surface area contributed by atoms with E-state index < -0.39 is 5.97 Å². The summed E-state index contributed by atoms with van der Waals surface area (Å²) in [7, 11) is 0. The van der Waals surface area contributed by atoms with Gasteiger partial charge in [0.1, 0.15) is 0 Å². The average Bonchev–Trinajstić information content (AvgIpc) is 2.84. The van der Waals surface area contributed by atoms with Crippen molar-refractivity contribution in [1.29, 1.82) is 0 Å². The van der Waals surface area contributed by atoms with Gasteiger partial charge >= 0.3 is 5.97 Å². The predicted molar refractivity (Wildman–Crippen MR) is 84.9 cm³/mol. The molecule has 1 atom stereocenters. The van der Waals surface area contributed by atoms with Crippen molar-refractivity contribution < 1.29 is 14.7 Å². The number of hydrogen-bond acceptors (Lipinski definition) is 2. The van der Waals surface area contributed by atoms with Crippen molar-refractivity contribution in [3.8, 4) is 0 Å². The molecule has 1 aromatic carbocycles. The van der Waals surface area contributed by atoms with Crippen molar-refractivity contribution in [3.63, 3.8) is 0 Å². The zero-order chi connectivity index (χ0) is 15.4. The molecule has 5 heteroatoms. The van der Waals surface area contributed by atoms with Crippen LogP contribution in [0.2, 0.25) is 0 Å². The van der Waals surface area contributed by atoms with Crippen molar-refractivity contribution >= 4 is 33.9 Å². The van der Waals surface area contributed by atoms with Gasteiger partial charge in [-0.15, -0.1) is 0 Å². The Morgan fingerprint density at radius 3 is 2.90 bits per heavy atom. The smallest absolute Gasteiger partial charge is 0.305 e. The Labute approximate surface area is 132 Å². The van der Waals surface area contributed by atoms with E-state index in [-0.39, 0.29) is 18.4 Å². The van der Waals surface area contributed by atoms with E-state index in [1.165, 1.54) is 6.08 Å². The summed E-state index contributed by atoms with van der Waals surface area (Å²) < 4.78 is 0.940.